The van der Waals surface area contributed by atoms with Gasteiger partial charge in [0.2, 0.25) is 0 Å². The number of phenols is 1. The molecule has 3 N–H and O–H groups in total. The zero-order valence-electron chi connectivity index (χ0n) is 13.9. The van der Waals surface area contributed by atoms with E-state index in [4.69, 9.17) is 9.63 Å². The fourth-order valence-corrected chi connectivity index (χ4v) is 2.71. The number of carbonyl (C=O) groups is 1. The highest BCUT2D eigenvalue weighted by Crippen LogP contribution is 2.34. The van der Waals surface area contributed by atoms with E-state index in [2.05, 4.69) is 15.5 Å². The third-order valence-electron chi connectivity index (χ3n) is 4.01. The monoisotopic (exact) mass is 341 g/mol. The van der Waals surface area contributed by atoms with Crippen molar-refractivity contribution in [3.05, 3.63) is 53.5 Å². The summed E-state index contributed by atoms with van der Waals surface area (Å²) in [6.07, 6.45) is 1.61. The zero-order chi connectivity index (χ0) is 18.0. The summed E-state index contributed by atoms with van der Waals surface area (Å²) in [5.74, 6) is -0.166. The van der Waals surface area contributed by atoms with E-state index in [1.165, 1.54) is 6.07 Å². The average molecular weight is 341 g/mol. The first-order valence-electron chi connectivity index (χ1n) is 7.95. The number of fused-ring (bicyclic) bond motifs is 1. The number of hydrogen-bond donors (Lipinski definition) is 3. The van der Waals surface area contributed by atoms with E-state index in [0.29, 0.717) is 11.1 Å². The van der Waals surface area contributed by atoms with E-state index < -0.39 is 11.9 Å². The van der Waals surface area contributed by atoms with Crippen LogP contribution in [0.1, 0.15) is 41.7 Å². The minimum atomic E-state index is -0.442. The molecule has 3 rings (SSSR count). The molecule has 1 amide bonds. The largest absolute Gasteiger partial charge is 0.505 e. The summed E-state index contributed by atoms with van der Waals surface area (Å²) in [5, 5.41) is 27.0. The van der Waals surface area contributed by atoms with Gasteiger partial charge in [0.05, 0.1) is 6.04 Å². The van der Waals surface area contributed by atoms with Crippen LogP contribution in [0.4, 0.5) is 0 Å². The van der Waals surface area contributed by atoms with Gasteiger partial charge in [-0.15, -0.1) is 0 Å². The summed E-state index contributed by atoms with van der Waals surface area (Å²) < 4.78 is 4.84. The number of aromatic nitrogens is 2. The van der Waals surface area contributed by atoms with E-state index in [9.17, 15) is 9.90 Å². The molecule has 1 unspecified atom stereocenters. The Kier molecular flexibility index (Phi) is 4.67. The maximum Gasteiger partial charge on any atom is 0.273 e. The highest BCUT2D eigenvalue weighted by atomic mass is 16.5. The van der Waals surface area contributed by atoms with Crippen molar-refractivity contribution < 1.29 is 19.5 Å². The number of aromatic hydroxyl groups is 1. The van der Waals surface area contributed by atoms with Gasteiger partial charge in [-0.25, -0.2) is 0 Å². The van der Waals surface area contributed by atoms with Crippen LogP contribution in [0.5, 0.6) is 5.75 Å². The quantitative estimate of drug-likeness (QED) is 0.658. The van der Waals surface area contributed by atoms with Gasteiger partial charge in [0.1, 0.15) is 17.9 Å². The highest BCUT2D eigenvalue weighted by Gasteiger charge is 2.24. The molecule has 0 radical (unpaired) electrons. The van der Waals surface area contributed by atoms with Crippen molar-refractivity contribution in [1.29, 1.82) is 0 Å². The van der Waals surface area contributed by atoms with Gasteiger partial charge < -0.3 is 20.1 Å². The van der Waals surface area contributed by atoms with Gasteiger partial charge in [0, 0.05) is 23.2 Å². The van der Waals surface area contributed by atoms with E-state index in [1.807, 2.05) is 26.0 Å². The Morgan fingerprint density at radius 2 is 2.12 bits per heavy atom. The molecule has 2 heterocycles. The first-order valence-corrected chi connectivity index (χ1v) is 7.95. The molecule has 25 heavy (non-hydrogen) atoms. The maximum absolute atomic E-state index is 12.4. The lowest BCUT2D eigenvalue weighted by Crippen LogP contribution is -2.32. The Bertz CT molecular complexity index is 904. The fourth-order valence-electron chi connectivity index (χ4n) is 2.71. The summed E-state index contributed by atoms with van der Waals surface area (Å²) in [7, 11) is 0. The normalized spacial score (nSPS) is 12.5. The topological polar surface area (TPSA) is 108 Å². The van der Waals surface area contributed by atoms with Crippen LogP contribution in [0.15, 0.2) is 41.1 Å². The molecule has 0 aliphatic heterocycles. The summed E-state index contributed by atoms with van der Waals surface area (Å²) in [5.41, 5.74) is 1.15. The Hall–Kier alpha value is -2.93. The first kappa shape index (κ1) is 16.9. The molecule has 0 aliphatic carbocycles. The van der Waals surface area contributed by atoms with Gasteiger partial charge in [-0.1, -0.05) is 37.2 Å². The number of nitrogens with zero attached hydrogens (tertiary/aromatic N) is 2. The highest BCUT2D eigenvalue weighted by molar-refractivity contribution is 5.93. The lowest BCUT2D eigenvalue weighted by Gasteiger charge is -2.23. The molecule has 7 heteroatoms. The van der Waals surface area contributed by atoms with Crippen molar-refractivity contribution >= 4 is 16.8 Å². The SMILES string of the molecule is CC(C)C(NC(=O)c1cc(CO)on1)c1ccc2cccnc2c1O. The molecule has 0 bridgehead atoms. The van der Waals surface area contributed by atoms with E-state index in [-0.39, 0.29) is 29.7 Å². The smallest absolute Gasteiger partial charge is 0.273 e. The van der Waals surface area contributed by atoms with Crippen LogP contribution >= 0.6 is 0 Å². The number of hydrogen-bond acceptors (Lipinski definition) is 6. The molecule has 0 saturated heterocycles. The second-order valence-electron chi connectivity index (χ2n) is 6.11. The molecule has 0 spiro atoms. The van der Waals surface area contributed by atoms with Crippen LogP contribution in [-0.4, -0.2) is 26.3 Å². The van der Waals surface area contributed by atoms with Crippen molar-refractivity contribution in [3.63, 3.8) is 0 Å². The average Bonchev–Trinajstić information content (AvgIpc) is 3.10. The van der Waals surface area contributed by atoms with Crippen LogP contribution < -0.4 is 5.32 Å². The lowest BCUT2D eigenvalue weighted by molar-refractivity contribution is 0.0915. The molecular formula is C18H19N3O4. The number of carbonyl (C=O) groups excluding carboxylic acids is 1. The van der Waals surface area contributed by atoms with E-state index >= 15 is 0 Å². The third-order valence-corrected chi connectivity index (χ3v) is 4.01. The van der Waals surface area contributed by atoms with Crippen LogP contribution in [-0.2, 0) is 6.61 Å². The molecule has 1 aromatic carbocycles. The van der Waals surface area contributed by atoms with Crippen LogP contribution in [0, 0.1) is 5.92 Å². The van der Waals surface area contributed by atoms with Crippen LogP contribution in [0.2, 0.25) is 0 Å². The zero-order valence-corrected chi connectivity index (χ0v) is 13.9. The van der Waals surface area contributed by atoms with Gasteiger partial charge in [-0.2, -0.15) is 0 Å². The summed E-state index contributed by atoms with van der Waals surface area (Å²) in [4.78, 5) is 16.6. The third kappa shape index (κ3) is 3.32. The second kappa shape index (κ2) is 6.90. The Morgan fingerprint density at radius 1 is 1.32 bits per heavy atom. The van der Waals surface area contributed by atoms with E-state index in [0.717, 1.165) is 5.39 Å². The van der Waals surface area contributed by atoms with Gasteiger partial charge in [-0.3, -0.25) is 9.78 Å². The fraction of sp³-hybridized carbons (Fsp3) is 0.278. The Morgan fingerprint density at radius 3 is 2.80 bits per heavy atom. The summed E-state index contributed by atoms with van der Waals surface area (Å²) in [6, 6.07) is 8.25. The Balaban J connectivity index is 1.93. The van der Waals surface area contributed by atoms with Gasteiger partial charge in [0.15, 0.2) is 11.5 Å². The number of amides is 1. The molecule has 130 valence electrons. The minimum Gasteiger partial charge on any atom is -0.505 e. The molecule has 7 nitrogen and oxygen atoms in total. The number of aliphatic hydroxyl groups excluding tert-OH is 1. The second-order valence-corrected chi connectivity index (χ2v) is 6.11. The standard InChI is InChI=1S/C18H19N3O4/c1-10(2)15(20-18(24)14-8-12(9-22)25-21-14)13-6-5-11-4-3-7-19-16(11)17(13)23/h3-8,10,15,22-23H,9H2,1-2H3,(H,20,24). The van der Waals surface area contributed by atoms with Crippen molar-refractivity contribution in [2.24, 2.45) is 5.92 Å². The Labute approximate surface area is 144 Å². The molecule has 0 saturated carbocycles. The number of rotatable bonds is 5. The maximum atomic E-state index is 12.4. The van der Waals surface area contributed by atoms with Crippen molar-refractivity contribution in [1.82, 2.24) is 15.5 Å². The van der Waals surface area contributed by atoms with E-state index in [1.54, 1.807) is 18.3 Å². The van der Waals surface area contributed by atoms with Crippen molar-refractivity contribution in [2.45, 2.75) is 26.5 Å². The van der Waals surface area contributed by atoms with Gasteiger partial charge in [0.25, 0.3) is 5.91 Å². The number of aliphatic hydroxyl groups is 1. The number of nitrogens with one attached hydrogen (secondary N) is 1. The molecule has 0 aliphatic rings. The number of benzene rings is 1. The van der Waals surface area contributed by atoms with Crippen LogP contribution in [0.25, 0.3) is 10.9 Å². The molecular weight excluding hydrogens is 322 g/mol. The van der Waals surface area contributed by atoms with Crippen LogP contribution in [0.3, 0.4) is 0 Å². The predicted octanol–water partition coefficient (Wildman–Crippen LogP) is 2.55. The minimum absolute atomic E-state index is 0.0141. The molecule has 0 fully saturated rings. The van der Waals surface area contributed by atoms with Crippen molar-refractivity contribution in [2.75, 3.05) is 0 Å². The molecule has 3 aromatic rings. The summed E-state index contributed by atoms with van der Waals surface area (Å²) >= 11 is 0. The first-order chi connectivity index (χ1) is 12.0. The predicted molar refractivity (Wildman–Crippen MR) is 90.9 cm³/mol. The lowest BCUT2D eigenvalue weighted by atomic mass is 9.94. The summed E-state index contributed by atoms with van der Waals surface area (Å²) in [6.45, 7) is 3.55. The molecule has 1 atom stereocenters. The number of phenolic OH excluding ortho intramolecular Hbond substituents is 1. The van der Waals surface area contributed by atoms with Gasteiger partial charge in [-0.05, 0) is 12.0 Å². The van der Waals surface area contributed by atoms with Crippen molar-refractivity contribution in [3.8, 4) is 5.75 Å². The molecule has 2 aromatic heterocycles. The number of pyridine rings is 1. The van der Waals surface area contributed by atoms with Gasteiger partial charge >= 0.3 is 0 Å².